The van der Waals surface area contributed by atoms with Crippen LogP contribution in [0.2, 0.25) is 0 Å². The Morgan fingerprint density at radius 1 is 1.10 bits per heavy atom. The lowest BCUT2D eigenvalue weighted by Gasteiger charge is -2.17. The number of halogens is 2. The molecule has 6 nitrogen and oxygen atoms in total. The molecular weight excluding hydrogens is 413 g/mol. The van der Waals surface area contributed by atoms with Gasteiger partial charge in [-0.05, 0) is 49.7 Å². The van der Waals surface area contributed by atoms with E-state index >= 15 is 0 Å². The van der Waals surface area contributed by atoms with Gasteiger partial charge in [-0.15, -0.1) is 24.8 Å². The van der Waals surface area contributed by atoms with Gasteiger partial charge in [0.15, 0.2) is 5.75 Å². The van der Waals surface area contributed by atoms with E-state index in [1.165, 1.54) is 5.56 Å². The van der Waals surface area contributed by atoms with Crippen molar-refractivity contribution in [3.8, 4) is 5.75 Å². The minimum Gasteiger partial charge on any atom is -0.351 e. The van der Waals surface area contributed by atoms with Crippen LogP contribution in [-0.4, -0.2) is 37.5 Å². The van der Waals surface area contributed by atoms with Gasteiger partial charge in [0.2, 0.25) is 0 Å². The second-order valence-corrected chi connectivity index (χ2v) is 6.85. The Balaban J connectivity index is 0.00000210. The van der Waals surface area contributed by atoms with Crippen LogP contribution in [0.25, 0.3) is 0 Å². The largest absolute Gasteiger partial charge is 0.351 e. The van der Waals surface area contributed by atoms with E-state index in [2.05, 4.69) is 41.5 Å². The Bertz CT molecular complexity index is 772. The van der Waals surface area contributed by atoms with Crippen LogP contribution in [-0.2, 0) is 24.5 Å². The molecule has 1 heterocycles. The maximum Gasteiger partial charge on any atom is 0.251 e. The Morgan fingerprint density at radius 3 is 2.55 bits per heavy atom. The molecule has 0 fully saturated rings. The van der Waals surface area contributed by atoms with E-state index in [0.717, 1.165) is 37.1 Å². The van der Waals surface area contributed by atoms with Gasteiger partial charge in [0.25, 0.3) is 5.91 Å². The highest BCUT2D eigenvalue weighted by Gasteiger charge is 2.16. The highest BCUT2D eigenvalue weighted by Crippen LogP contribution is 2.26. The van der Waals surface area contributed by atoms with Crippen LogP contribution in [0, 0.1) is 0 Å². The Kier molecular flexibility index (Phi) is 11.0. The summed E-state index contributed by atoms with van der Waals surface area (Å²) in [4.78, 5) is 24.4. The van der Waals surface area contributed by atoms with Crippen LogP contribution in [0.1, 0.15) is 33.5 Å². The van der Waals surface area contributed by atoms with Crippen LogP contribution in [0.15, 0.2) is 42.5 Å². The highest BCUT2D eigenvalue weighted by molar-refractivity contribution is 5.94. The number of carbonyl (C=O) groups is 1. The fourth-order valence-electron chi connectivity index (χ4n) is 3.02. The van der Waals surface area contributed by atoms with Gasteiger partial charge < -0.3 is 20.8 Å². The van der Waals surface area contributed by atoms with E-state index in [1.807, 2.05) is 6.07 Å². The molecule has 0 saturated carbocycles. The molecule has 0 aliphatic carbocycles. The monoisotopic (exact) mass is 441 g/mol. The number of rotatable bonds is 9. The summed E-state index contributed by atoms with van der Waals surface area (Å²) in [6.45, 7) is 3.41. The van der Waals surface area contributed by atoms with Gasteiger partial charge in [0, 0.05) is 30.8 Å². The molecule has 2 aromatic rings. The quantitative estimate of drug-likeness (QED) is 0.584. The second-order valence-electron chi connectivity index (χ2n) is 6.85. The van der Waals surface area contributed by atoms with Gasteiger partial charge in [-0.25, -0.2) is 0 Å². The smallest absolute Gasteiger partial charge is 0.251 e. The van der Waals surface area contributed by atoms with Gasteiger partial charge in [0.05, 0.1) is 0 Å². The first kappa shape index (κ1) is 25.2. The highest BCUT2D eigenvalue weighted by atomic mass is 35.5. The molecule has 3 N–H and O–H groups in total. The summed E-state index contributed by atoms with van der Waals surface area (Å²) in [6, 6.07) is 13.9. The van der Waals surface area contributed by atoms with Crippen LogP contribution >= 0.6 is 24.8 Å². The van der Waals surface area contributed by atoms with Crippen molar-refractivity contribution >= 4 is 30.7 Å². The van der Waals surface area contributed by atoms with Gasteiger partial charge >= 0.3 is 0 Å². The molecule has 3 rings (SSSR count). The average molecular weight is 442 g/mol. The van der Waals surface area contributed by atoms with Crippen LogP contribution in [0.3, 0.4) is 0 Å². The van der Waals surface area contributed by atoms with E-state index in [4.69, 9.17) is 15.5 Å². The summed E-state index contributed by atoms with van der Waals surface area (Å²) in [5.41, 5.74) is 9.66. The maximum absolute atomic E-state index is 12.2. The van der Waals surface area contributed by atoms with E-state index in [-0.39, 0.29) is 30.7 Å². The first-order chi connectivity index (χ1) is 13.2. The number of nitrogens with zero attached hydrogens (tertiary/aromatic N) is 1. The number of hydrogen-bond acceptors (Lipinski definition) is 5. The van der Waals surface area contributed by atoms with E-state index in [9.17, 15) is 4.79 Å². The Hall–Kier alpha value is -1.83. The van der Waals surface area contributed by atoms with Crippen LogP contribution < -0.4 is 15.9 Å². The molecular formula is C21H29Cl2N3O3. The fraction of sp³-hybridized carbons (Fsp3) is 0.381. The molecule has 0 spiro atoms. The standard InChI is InChI=1S/C21H27N3O3.2ClH/c1-24(11-2-3-16-4-6-17(14-22)7-5-16)12-10-23-21(25)18-8-9-19-15-26-27-20(19)13-18;;/h4-9,13H,2-3,10-12,14-15,22H2,1H3,(H,23,25);2*1H. The lowest BCUT2D eigenvalue weighted by molar-refractivity contribution is -0.194. The van der Waals surface area contributed by atoms with Gasteiger partial charge in [-0.2, -0.15) is 4.89 Å². The molecule has 1 aliphatic heterocycles. The molecule has 1 aliphatic rings. The van der Waals surface area contributed by atoms with Crippen molar-refractivity contribution in [2.24, 2.45) is 5.73 Å². The third-order valence-corrected chi connectivity index (χ3v) is 4.74. The summed E-state index contributed by atoms with van der Waals surface area (Å²) in [5.74, 6) is 0.529. The number of benzene rings is 2. The summed E-state index contributed by atoms with van der Waals surface area (Å²) in [7, 11) is 2.07. The Morgan fingerprint density at radius 2 is 1.83 bits per heavy atom. The topological polar surface area (TPSA) is 76.8 Å². The lowest BCUT2D eigenvalue weighted by Crippen LogP contribution is -2.33. The third kappa shape index (κ3) is 7.49. The molecule has 0 bridgehead atoms. The summed E-state index contributed by atoms with van der Waals surface area (Å²) in [5, 5.41) is 2.95. The Labute approximate surface area is 184 Å². The number of nitrogens with one attached hydrogen (secondary N) is 1. The molecule has 160 valence electrons. The first-order valence-corrected chi connectivity index (χ1v) is 9.33. The molecule has 0 radical (unpaired) electrons. The molecule has 2 aromatic carbocycles. The lowest BCUT2D eigenvalue weighted by atomic mass is 10.1. The number of likely N-dealkylation sites (N-methyl/N-ethyl adjacent to an activating group) is 1. The SMILES string of the molecule is CN(CCCc1ccc(CN)cc1)CCNC(=O)c1ccc2c(c1)OOC2.Cl.Cl. The summed E-state index contributed by atoms with van der Waals surface area (Å²) < 4.78 is 0. The molecule has 0 aromatic heterocycles. The van der Waals surface area contributed by atoms with Gasteiger partial charge in [-0.3, -0.25) is 4.79 Å². The van der Waals surface area contributed by atoms with Crippen molar-refractivity contribution in [3.05, 3.63) is 64.7 Å². The molecule has 8 heteroatoms. The number of carbonyl (C=O) groups excluding carboxylic acids is 1. The van der Waals surface area contributed by atoms with E-state index in [1.54, 1.807) is 12.1 Å². The minimum atomic E-state index is -0.0957. The molecule has 0 unspecified atom stereocenters. The van der Waals surface area contributed by atoms with Crippen molar-refractivity contribution in [1.82, 2.24) is 10.2 Å². The van der Waals surface area contributed by atoms with E-state index < -0.39 is 0 Å². The first-order valence-electron chi connectivity index (χ1n) is 9.33. The predicted octanol–water partition coefficient (Wildman–Crippen LogP) is 3.11. The van der Waals surface area contributed by atoms with Crippen LogP contribution in [0.4, 0.5) is 0 Å². The number of hydrogen-bond donors (Lipinski definition) is 2. The van der Waals surface area contributed by atoms with E-state index in [0.29, 0.717) is 31.0 Å². The molecule has 0 atom stereocenters. The van der Waals surface area contributed by atoms with Gasteiger partial charge in [0.1, 0.15) is 6.61 Å². The predicted molar refractivity (Wildman–Crippen MR) is 119 cm³/mol. The van der Waals surface area contributed by atoms with Crippen molar-refractivity contribution in [3.63, 3.8) is 0 Å². The normalized spacial score (nSPS) is 11.8. The number of aryl methyl sites for hydroxylation is 1. The van der Waals surface area contributed by atoms with Crippen molar-refractivity contribution in [2.45, 2.75) is 26.0 Å². The molecule has 1 amide bonds. The fourth-order valence-corrected chi connectivity index (χ4v) is 3.02. The van der Waals surface area contributed by atoms with Crippen molar-refractivity contribution < 1.29 is 14.6 Å². The van der Waals surface area contributed by atoms with Crippen molar-refractivity contribution in [2.75, 3.05) is 26.7 Å². The van der Waals surface area contributed by atoms with Crippen molar-refractivity contribution in [1.29, 1.82) is 0 Å². The number of nitrogens with two attached hydrogens (primary N) is 1. The minimum absolute atomic E-state index is 0. The van der Waals surface area contributed by atoms with Crippen LogP contribution in [0.5, 0.6) is 5.75 Å². The maximum atomic E-state index is 12.2. The zero-order chi connectivity index (χ0) is 19.1. The zero-order valence-corrected chi connectivity index (χ0v) is 18.2. The summed E-state index contributed by atoms with van der Waals surface area (Å²) >= 11 is 0. The second kappa shape index (κ2) is 12.7. The zero-order valence-electron chi connectivity index (χ0n) is 16.6. The third-order valence-electron chi connectivity index (χ3n) is 4.74. The molecule has 0 saturated heterocycles. The average Bonchev–Trinajstić information content (AvgIpc) is 3.16. The van der Waals surface area contributed by atoms with Gasteiger partial charge in [-0.1, -0.05) is 30.3 Å². The summed E-state index contributed by atoms with van der Waals surface area (Å²) in [6.07, 6.45) is 2.12. The number of fused-ring (bicyclic) bond motifs is 1. The molecule has 29 heavy (non-hydrogen) atoms. The number of amides is 1.